The lowest BCUT2D eigenvalue weighted by Gasteiger charge is -2.29. The largest absolute Gasteiger partial charge is 0.378 e. The number of ketones is 1. The number of hydrogen-bond acceptors (Lipinski definition) is 4. The Hall–Kier alpha value is -2.17. The lowest BCUT2D eigenvalue weighted by atomic mass is 9.88. The Labute approximate surface area is 155 Å². The molecule has 2 aromatic rings. The van der Waals surface area contributed by atoms with Gasteiger partial charge in [-0.2, -0.15) is 0 Å². The van der Waals surface area contributed by atoms with Crippen LogP contribution in [0.5, 0.6) is 0 Å². The molecule has 26 heavy (non-hydrogen) atoms. The monoisotopic (exact) mass is 350 g/mol. The van der Waals surface area contributed by atoms with E-state index in [1.54, 1.807) is 0 Å². The van der Waals surface area contributed by atoms with Crippen molar-refractivity contribution in [1.82, 2.24) is 4.90 Å². The Bertz CT molecular complexity index is 758. The lowest BCUT2D eigenvalue weighted by Crippen LogP contribution is -2.36. The van der Waals surface area contributed by atoms with E-state index in [1.807, 2.05) is 37.4 Å². The molecule has 2 aromatic carbocycles. The number of nitrogens with zero attached hydrogens (tertiary/aromatic N) is 2. The summed E-state index contributed by atoms with van der Waals surface area (Å²) in [5.74, 6) is 0.227. The fourth-order valence-electron chi connectivity index (χ4n) is 4.16. The van der Waals surface area contributed by atoms with Crippen LogP contribution in [0, 0.1) is 0 Å². The lowest BCUT2D eigenvalue weighted by molar-refractivity contribution is 0.0919. The SMILES string of the molecule is CC1N(C)C1(Cc1ccccc1)C(=O)c1ccc(N2CCOCC2)cc1. The summed E-state index contributed by atoms with van der Waals surface area (Å²) >= 11 is 0. The van der Waals surface area contributed by atoms with Crippen LogP contribution in [0.3, 0.4) is 0 Å². The molecule has 2 saturated heterocycles. The van der Waals surface area contributed by atoms with E-state index in [2.05, 4.69) is 41.0 Å². The van der Waals surface area contributed by atoms with Crippen LogP contribution >= 0.6 is 0 Å². The van der Waals surface area contributed by atoms with E-state index in [-0.39, 0.29) is 11.8 Å². The average Bonchev–Trinajstić information content (AvgIpc) is 3.23. The summed E-state index contributed by atoms with van der Waals surface area (Å²) < 4.78 is 5.41. The van der Waals surface area contributed by atoms with Crippen molar-refractivity contribution >= 4 is 11.5 Å². The number of likely N-dealkylation sites (N-methyl/N-ethyl adjacent to an activating group) is 1. The van der Waals surface area contributed by atoms with E-state index < -0.39 is 5.54 Å². The summed E-state index contributed by atoms with van der Waals surface area (Å²) in [5.41, 5.74) is 2.76. The van der Waals surface area contributed by atoms with Gasteiger partial charge in [0, 0.05) is 30.4 Å². The normalized spacial score (nSPS) is 28.0. The molecule has 0 spiro atoms. The zero-order chi connectivity index (χ0) is 18.1. The molecule has 3 atom stereocenters. The second kappa shape index (κ2) is 6.86. The summed E-state index contributed by atoms with van der Waals surface area (Å²) in [6.45, 7) is 5.49. The van der Waals surface area contributed by atoms with E-state index in [9.17, 15) is 4.79 Å². The predicted molar refractivity (Wildman–Crippen MR) is 104 cm³/mol. The number of morpholine rings is 1. The van der Waals surface area contributed by atoms with Gasteiger partial charge in [0.15, 0.2) is 5.78 Å². The first-order valence-corrected chi connectivity index (χ1v) is 9.37. The highest BCUT2D eigenvalue weighted by atomic mass is 16.5. The smallest absolute Gasteiger partial charge is 0.185 e. The average molecular weight is 350 g/mol. The van der Waals surface area contributed by atoms with Gasteiger partial charge >= 0.3 is 0 Å². The van der Waals surface area contributed by atoms with Gasteiger partial charge in [0.05, 0.1) is 13.2 Å². The highest BCUT2D eigenvalue weighted by Gasteiger charge is 2.62. The zero-order valence-corrected chi connectivity index (χ0v) is 15.5. The van der Waals surface area contributed by atoms with Crippen molar-refractivity contribution in [3.05, 3.63) is 65.7 Å². The number of rotatable bonds is 5. The van der Waals surface area contributed by atoms with Crippen LogP contribution in [-0.4, -0.2) is 55.6 Å². The fraction of sp³-hybridized carbons (Fsp3) is 0.409. The highest BCUT2D eigenvalue weighted by molar-refractivity contribution is 6.06. The van der Waals surface area contributed by atoms with Crippen molar-refractivity contribution in [2.45, 2.75) is 24.9 Å². The third-order valence-electron chi connectivity index (χ3n) is 6.05. The maximum atomic E-state index is 13.4. The molecule has 2 heterocycles. The molecule has 136 valence electrons. The summed E-state index contributed by atoms with van der Waals surface area (Å²) in [7, 11) is 2.05. The van der Waals surface area contributed by atoms with Crippen LogP contribution in [0.15, 0.2) is 54.6 Å². The summed E-state index contributed by atoms with van der Waals surface area (Å²) in [6, 6.07) is 18.7. The summed E-state index contributed by atoms with van der Waals surface area (Å²) in [4.78, 5) is 17.9. The number of benzene rings is 2. The topological polar surface area (TPSA) is 32.5 Å². The van der Waals surface area contributed by atoms with Crippen LogP contribution in [-0.2, 0) is 11.2 Å². The molecular weight excluding hydrogens is 324 g/mol. The van der Waals surface area contributed by atoms with Crippen LogP contribution < -0.4 is 4.90 Å². The first-order chi connectivity index (χ1) is 12.6. The number of anilines is 1. The van der Waals surface area contributed by atoms with Gasteiger partial charge < -0.3 is 9.64 Å². The quantitative estimate of drug-likeness (QED) is 0.613. The first-order valence-electron chi connectivity index (χ1n) is 9.37. The van der Waals surface area contributed by atoms with Gasteiger partial charge in [0.25, 0.3) is 0 Å². The van der Waals surface area contributed by atoms with Crippen molar-refractivity contribution in [2.24, 2.45) is 0 Å². The number of hydrogen-bond donors (Lipinski definition) is 0. The molecule has 0 amide bonds. The van der Waals surface area contributed by atoms with Crippen molar-refractivity contribution in [3.63, 3.8) is 0 Å². The van der Waals surface area contributed by atoms with Crippen LogP contribution in [0.1, 0.15) is 22.8 Å². The van der Waals surface area contributed by atoms with Gasteiger partial charge in [-0.15, -0.1) is 0 Å². The minimum absolute atomic E-state index is 0.227. The third kappa shape index (κ3) is 2.93. The van der Waals surface area contributed by atoms with Gasteiger partial charge in [0.2, 0.25) is 0 Å². The predicted octanol–water partition coefficient (Wildman–Crippen LogP) is 3.02. The fourth-order valence-corrected chi connectivity index (χ4v) is 4.16. The van der Waals surface area contributed by atoms with Crippen LogP contribution in [0.4, 0.5) is 5.69 Å². The van der Waals surface area contributed by atoms with Crippen molar-refractivity contribution in [1.29, 1.82) is 0 Å². The molecule has 0 aromatic heterocycles. The Morgan fingerprint density at radius 3 is 2.27 bits per heavy atom. The molecule has 0 radical (unpaired) electrons. The molecule has 2 aliphatic rings. The molecule has 0 N–H and O–H groups in total. The molecule has 0 saturated carbocycles. The molecule has 0 aliphatic carbocycles. The molecule has 2 fully saturated rings. The zero-order valence-electron chi connectivity index (χ0n) is 15.5. The van der Waals surface area contributed by atoms with Crippen LogP contribution in [0.2, 0.25) is 0 Å². The van der Waals surface area contributed by atoms with Gasteiger partial charge in [-0.3, -0.25) is 9.69 Å². The Balaban J connectivity index is 1.55. The van der Waals surface area contributed by atoms with Crippen molar-refractivity contribution < 1.29 is 9.53 Å². The second-order valence-electron chi connectivity index (χ2n) is 7.35. The number of carbonyl (C=O) groups excluding carboxylic acids is 1. The Morgan fingerprint density at radius 1 is 1.08 bits per heavy atom. The van der Waals surface area contributed by atoms with Gasteiger partial charge in [-0.1, -0.05) is 30.3 Å². The minimum atomic E-state index is -0.415. The van der Waals surface area contributed by atoms with E-state index in [0.29, 0.717) is 0 Å². The second-order valence-corrected chi connectivity index (χ2v) is 7.35. The molecule has 0 bridgehead atoms. The number of ether oxygens (including phenoxy) is 1. The van der Waals surface area contributed by atoms with E-state index in [1.165, 1.54) is 11.3 Å². The molecule has 3 unspecified atom stereocenters. The molecular formula is C22H26N2O2. The third-order valence-corrected chi connectivity index (χ3v) is 6.05. The van der Waals surface area contributed by atoms with Gasteiger partial charge in [-0.25, -0.2) is 0 Å². The van der Waals surface area contributed by atoms with Crippen molar-refractivity contribution in [3.8, 4) is 0 Å². The van der Waals surface area contributed by atoms with E-state index in [4.69, 9.17) is 4.74 Å². The number of Topliss-reactive ketones (excluding diaryl/α,β-unsaturated/α-hetero) is 1. The van der Waals surface area contributed by atoms with Gasteiger partial charge in [-0.05, 0) is 50.2 Å². The first kappa shape index (κ1) is 17.3. The van der Waals surface area contributed by atoms with Crippen molar-refractivity contribution in [2.75, 3.05) is 38.3 Å². The maximum Gasteiger partial charge on any atom is 0.185 e. The summed E-state index contributed by atoms with van der Waals surface area (Å²) in [5, 5.41) is 0. The highest BCUT2D eigenvalue weighted by Crippen LogP contribution is 2.44. The van der Waals surface area contributed by atoms with E-state index >= 15 is 0 Å². The standard InChI is InChI=1S/C22H26N2O2/c1-17-22(23(17)2,16-18-6-4-3-5-7-18)21(25)19-8-10-20(11-9-19)24-12-14-26-15-13-24/h3-11,17H,12-16H2,1-2H3. The summed E-state index contributed by atoms with van der Waals surface area (Å²) in [6.07, 6.45) is 0.759. The maximum absolute atomic E-state index is 13.4. The molecule has 2 aliphatic heterocycles. The Kier molecular flexibility index (Phi) is 4.55. The molecule has 4 rings (SSSR count). The molecule has 4 heteroatoms. The molecule has 4 nitrogen and oxygen atoms in total. The van der Waals surface area contributed by atoms with Crippen LogP contribution in [0.25, 0.3) is 0 Å². The minimum Gasteiger partial charge on any atom is -0.378 e. The van der Waals surface area contributed by atoms with E-state index in [0.717, 1.165) is 38.3 Å². The van der Waals surface area contributed by atoms with Gasteiger partial charge in [0.1, 0.15) is 5.54 Å². The Morgan fingerprint density at radius 2 is 1.69 bits per heavy atom. The number of carbonyl (C=O) groups is 1.